The molecule has 0 saturated heterocycles. The zero-order chi connectivity index (χ0) is 15.5. The molecule has 2 rings (SSSR count). The predicted octanol–water partition coefficient (Wildman–Crippen LogP) is 2.93. The number of aryl methyl sites for hydroxylation is 1. The number of benzene rings is 2. The second kappa shape index (κ2) is 6.22. The van der Waals surface area contributed by atoms with Crippen molar-refractivity contribution in [2.24, 2.45) is 0 Å². The number of hydrogen-bond acceptors (Lipinski definition) is 2. The Balaban J connectivity index is 2.08. The van der Waals surface area contributed by atoms with Gasteiger partial charge in [-0.3, -0.25) is 9.36 Å². The number of amides is 1. The number of hydrogen-bond donors (Lipinski definition) is 3. The average molecular weight is 305 g/mol. The quantitative estimate of drug-likeness (QED) is 0.758. The van der Waals surface area contributed by atoms with Crippen LogP contribution in [0.4, 0.5) is 5.69 Å². The van der Waals surface area contributed by atoms with Crippen LogP contribution >= 0.6 is 7.60 Å². The molecule has 0 aliphatic heterocycles. The van der Waals surface area contributed by atoms with E-state index in [2.05, 4.69) is 5.32 Å². The van der Waals surface area contributed by atoms with Crippen LogP contribution in [-0.4, -0.2) is 15.7 Å². The molecule has 2 aromatic rings. The summed E-state index contributed by atoms with van der Waals surface area (Å²) in [5, 5.41) is 2.77. The summed E-state index contributed by atoms with van der Waals surface area (Å²) in [6, 6.07) is 13.6. The van der Waals surface area contributed by atoms with Crippen LogP contribution in [0, 0.1) is 6.92 Å². The Morgan fingerprint density at radius 2 is 1.81 bits per heavy atom. The van der Waals surface area contributed by atoms with Crippen LogP contribution in [0.1, 0.15) is 21.5 Å². The lowest BCUT2D eigenvalue weighted by Crippen LogP contribution is -2.11. The number of carbonyl (C=O) groups excluding carboxylic acids is 1. The first-order chi connectivity index (χ1) is 9.83. The fourth-order valence-corrected chi connectivity index (χ4v) is 2.61. The van der Waals surface area contributed by atoms with Crippen LogP contribution in [0.3, 0.4) is 0 Å². The smallest absolute Gasteiger partial charge is 0.324 e. The van der Waals surface area contributed by atoms with Crippen LogP contribution in [0.15, 0.2) is 48.5 Å². The maximum Gasteiger partial charge on any atom is 0.329 e. The highest BCUT2D eigenvalue weighted by molar-refractivity contribution is 7.50. The van der Waals surface area contributed by atoms with E-state index < -0.39 is 7.60 Å². The summed E-state index contributed by atoms with van der Waals surface area (Å²) in [5.74, 6) is -0.261. The van der Waals surface area contributed by atoms with Gasteiger partial charge in [0.2, 0.25) is 0 Å². The summed E-state index contributed by atoms with van der Waals surface area (Å²) in [6.45, 7) is 1.94. The van der Waals surface area contributed by atoms with Gasteiger partial charge in [-0.05, 0) is 42.3 Å². The Hall–Kier alpha value is -1.94. The highest BCUT2D eigenvalue weighted by Crippen LogP contribution is 2.38. The molecule has 0 aromatic heterocycles. The van der Waals surface area contributed by atoms with Gasteiger partial charge >= 0.3 is 7.60 Å². The van der Waals surface area contributed by atoms with Gasteiger partial charge in [0.15, 0.2) is 0 Å². The molecule has 0 aliphatic rings. The van der Waals surface area contributed by atoms with Crippen molar-refractivity contribution in [3.8, 4) is 0 Å². The molecule has 3 N–H and O–H groups in total. The SMILES string of the molecule is Cc1cccc(NC(=O)c2ccc(CP(=O)(O)O)cc2)c1. The third-order valence-corrected chi connectivity index (χ3v) is 3.66. The van der Waals surface area contributed by atoms with Crippen LogP contribution in [0.5, 0.6) is 0 Å². The van der Waals surface area contributed by atoms with Crippen molar-refractivity contribution in [3.63, 3.8) is 0 Å². The van der Waals surface area contributed by atoms with E-state index in [4.69, 9.17) is 9.79 Å². The molecule has 0 radical (unpaired) electrons. The molecule has 6 heteroatoms. The first kappa shape index (κ1) is 15.4. The molecule has 2 aromatic carbocycles. The van der Waals surface area contributed by atoms with E-state index in [1.165, 1.54) is 0 Å². The molecule has 0 fully saturated rings. The minimum absolute atomic E-state index is 0.261. The van der Waals surface area contributed by atoms with Gasteiger partial charge < -0.3 is 15.1 Å². The molecular weight excluding hydrogens is 289 g/mol. The molecule has 0 atom stereocenters. The molecular formula is C15H16NO4P. The topological polar surface area (TPSA) is 86.6 Å². The normalized spacial score (nSPS) is 11.2. The van der Waals surface area contributed by atoms with Crippen LogP contribution in [0.2, 0.25) is 0 Å². The van der Waals surface area contributed by atoms with E-state index >= 15 is 0 Å². The lowest BCUT2D eigenvalue weighted by atomic mass is 10.1. The van der Waals surface area contributed by atoms with Crippen molar-refractivity contribution in [1.82, 2.24) is 0 Å². The lowest BCUT2D eigenvalue weighted by Gasteiger charge is -2.07. The van der Waals surface area contributed by atoms with Gasteiger partial charge in [-0.15, -0.1) is 0 Å². The number of carbonyl (C=O) groups is 1. The monoisotopic (exact) mass is 305 g/mol. The minimum atomic E-state index is -4.09. The first-order valence-electron chi connectivity index (χ1n) is 6.35. The second-order valence-electron chi connectivity index (χ2n) is 4.84. The van der Waals surface area contributed by atoms with Gasteiger partial charge in [0.05, 0.1) is 6.16 Å². The summed E-state index contributed by atoms with van der Waals surface area (Å²) >= 11 is 0. The van der Waals surface area contributed by atoms with Gasteiger partial charge in [-0.2, -0.15) is 0 Å². The zero-order valence-electron chi connectivity index (χ0n) is 11.5. The van der Waals surface area contributed by atoms with Gasteiger partial charge in [0.1, 0.15) is 0 Å². The average Bonchev–Trinajstić information content (AvgIpc) is 2.37. The van der Waals surface area contributed by atoms with Crippen molar-refractivity contribution >= 4 is 19.2 Å². The van der Waals surface area contributed by atoms with E-state index in [9.17, 15) is 9.36 Å². The molecule has 5 nitrogen and oxygen atoms in total. The standard InChI is InChI=1S/C15H16NO4P/c1-11-3-2-4-14(9-11)16-15(17)13-7-5-12(6-8-13)10-21(18,19)20/h2-9H,10H2,1H3,(H,16,17)(H2,18,19,20). The van der Waals surface area contributed by atoms with E-state index in [-0.39, 0.29) is 12.1 Å². The van der Waals surface area contributed by atoms with E-state index in [0.717, 1.165) is 5.56 Å². The second-order valence-corrected chi connectivity index (χ2v) is 6.49. The van der Waals surface area contributed by atoms with Crippen LogP contribution < -0.4 is 5.32 Å². The Morgan fingerprint density at radius 1 is 1.14 bits per heavy atom. The summed E-state index contributed by atoms with van der Waals surface area (Å²) in [6.07, 6.45) is -0.327. The third-order valence-electron chi connectivity index (χ3n) is 2.88. The first-order valence-corrected chi connectivity index (χ1v) is 8.15. The van der Waals surface area contributed by atoms with Gasteiger partial charge in [-0.1, -0.05) is 24.3 Å². The third kappa shape index (κ3) is 4.83. The van der Waals surface area contributed by atoms with E-state index in [1.807, 2.05) is 25.1 Å². The molecule has 0 bridgehead atoms. The van der Waals surface area contributed by atoms with Crippen molar-refractivity contribution in [1.29, 1.82) is 0 Å². The molecule has 0 heterocycles. The maximum absolute atomic E-state index is 12.1. The van der Waals surface area contributed by atoms with Gasteiger partial charge in [-0.25, -0.2) is 0 Å². The highest BCUT2D eigenvalue weighted by atomic mass is 31.2. The number of rotatable bonds is 4. The lowest BCUT2D eigenvalue weighted by molar-refractivity contribution is 0.102. The van der Waals surface area contributed by atoms with Crippen molar-refractivity contribution in [2.75, 3.05) is 5.32 Å². The Kier molecular flexibility index (Phi) is 4.58. The summed E-state index contributed by atoms with van der Waals surface area (Å²) in [7, 11) is -4.09. The Bertz CT molecular complexity index is 691. The van der Waals surface area contributed by atoms with Gasteiger partial charge in [0, 0.05) is 11.3 Å². The molecule has 21 heavy (non-hydrogen) atoms. The van der Waals surface area contributed by atoms with E-state index in [0.29, 0.717) is 16.8 Å². The van der Waals surface area contributed by atoms with E-state index in [1.54, 1.807) is 30.3 Å². The van der Waals surface area contributed by atoms with Crippen LogP contribution in [-0.2, 0) is 10.7 Å². The summed E-state index contributed by atoms with van der Waals surface area (Å²) < 4.78 is 10.9. The predicted molar refractivity (Wildman–Crippen MR) is 81.3 cm³/mol. The molecule has 0 aliphatic carbocycles. The van der Waals surface area contributed by atoms with Gasteiger partial charge in [0.25, 0.3) is 5.91 Å². The van der Waals surface area contributed by atoms with Crippen molar-refractivity contribution < 1.29 is 19.1 Å². The van der Waals surface area contributed by atoms with Crippen molar-refractivity contribution in [3.05, 3.63) is 65.2 Å². The minimum Gasteiger partial charge on any atom is -0.324 e. The molecule has 0 saturated carbocycles. The van der Waals surface area contributed by atoms with Crippen molar-refractivity contribution in [2.45, 2.75) is 13.1 Å². The van der Waals surface area contributed by atoms with Crippen LogP contribution in [0.25, 0.3) is 0 Å². The highest BCUT2D eigenvalue weighted by Gasteiger charge is 2.14. The molecule has 110 valence electrons. The Labute approximate surface area is 122 Å². The zero-order valence-corrected chi connectivity index (χ0v) is 12.4. The fraction of sp³-hybridized carbons (Fsp3) is 0.133. The number of anilines is 1. The number of nitrogens with one attached hydrogen (secondary N) is 1. The molecule has 0 spiro atoms. The Morgan fingerprint density at radius 3 is 2.38 bits per heavy atom. The molecule has 1 amide bonds. The largest absolute Gasteiger partial charge is 0.329 e. The maximum atomic E-state index is 12.1. The summed E-state index contributed by atoms with van der Waals surface area (Å²) in [5.41, 5.74) is 2.69. The summed E-state index contributed by atoms with van der Waals surface area (Å²) in [4.78, 5) is 29.9. The molecule has 0 unspecified atom stereocenters. The fourth-order valence-electron chi connectivity index (χ4n) is 1.93.